The van der Waals surface area contributed by atoms with Crippen molar-refractivity contribution in [3.8, 4) is 11.5 Å². The van der Waals surface area contributed by atoms with Crippen molar-refractivity contribution in [1.29, 1.82) is 0 Å². The third-order valence-corrected chi connectivity index (χ3v) is 10.5. The van der Waals surface area contributed by atoms with E-state index in [4.69, 9.17) is 21.1 Å². The summed E-state index contributed by atoms with van der Waals surface area (Å²) in [4.78, 5) is 65.8. The van der Waals surface area contributed by atoms with Crippen molar-refractivity contribution in [1.82, 2.24) is 15.1 Å². The van der Waals surface area contributed by atoms with E-state index in [1.165, 1.54) is 0 Å². The predicted molar refractivity (Wildman–Crippen MR) is 194 cm³/mol. The molecule has 52 heavy (non-hydrogen) atoms. The third kappa shape index (κ3) is 8.08. The highest BCUT2D eigenvalue weighted by Gasteiger charge is 2.44. The number of alkyl halides is 1. The molecule has 2 saturated heterocycles. The maximum absolute atomic E-state index is 13.1. The molecule has 2 atom stereocenters. The van der Waals surface area contributed by atoms with Crippen LogP contribution in [0.15, 0.2) is 66.7 Å². The van der Waals surface area contributed by atoms with Gasteiger partial charge >= 0.3 is 0 Å². The molecule has 5 amide bonds. The smallest absolute Gasteiger partial charge is 0.262 e. The first-order chi connectivity index (χ1) is 24.9. The SMILES string of the molecule is CC(C)(c1ccc(OCC(=O)N2CCC(CNc3ccc4c(c3)C(=O)N(C3CCC(=O)NC3=O)C4=O)CC2)cc1)c1ccc(OCC(O)CCl)cc1. The number of hydrogen-bond acceptors (Lipinski definition) is 9. The number of carbonyl (C=O) groups is 5. The van der Waals surface area contributed by atoms with Crippen LogP contribution in [0.4, 0.5) is 5.69 Å². The van der Waals surface area contributed by atoms with E-state index in [9.17, 15) is 29.1 Å². The maximum atomic E-state index is 13.1. The quantitative estimate of drug-likeness (QED) is 0.174. The minimum atomic E-state index is -1.00. The number of benzene rings is 3. The van der Waals surface area contributed by atoms with E-state index in [1.807, 2.05) is 53.4 Å². The number of nitrogens with zero attached hydrogens (tertiary/aromatic N) is 2. The van der Waals surface area contributed by atoms with Crippen LogP contribution in [-0.2, 0) is 19.8 Å². The number of fused-ring (bicyclic) bond motifs is 1. The molecule has 2 unspecified atom stereocenters. The van der Waals surface area contributed by atoms with Gasteiger partial charge in [-0.05, 0) is 78.8 Å². The molecule has 0 aromatic heterocycles. The maximum Gasteiger partial charge on any atom is 0.262 e. The number of aliphatic hydroxyl groups excluding tert-OH is 1. The number of imide groups is 2. The number of halogens is 1. The molecule has 3 aliphatic heterocycles. The Kier molecular flexibility index (Phi) is 11.2. The highest BCUT2D eigenvalue weighted by molar-refractivity contribution is 6.23. The van der Waals surface area contributed by atoms with Gasteiger partial charge in [0.1, 0.15) is 30.3 Å². The van der Waals surface area contributed by atoms with Crippen LogP contribution in [0.25, 0.3) is 0 Å². The Morgan fingerprint density at radius 2 is 1.52 bits per heavy atom. The molecule has 0 saturated carbocycles. The number of amides is 5. The largest absolute Gasteiger partial charge is 0.491 e. The lowest BCUT2D eigenvalue weighted by atomic mass is 9.78. The van der Waals surface area contributed by atoms with Gasteiger partial charge in [0.2, 0.25) is 11.8 Å². The molecule has 3 heterocycles. The van der Waals surface area contributed by atoms with Crippen molar-refractivity contribution in [3.63, 3.8) is 0 Å². The highest BCUT2D eigenvalue weighted by Crippen LogP contribution is 2.34. The van der Waals surface area contributed by atoms with Crippen LogP contribution in [0.1, 0.15) is 71.4 Å². The number of likely N-dealkylation sites (tertiary alicyclic amines) is 1. The van der Waals surface area contributed by atoms with Crippen LogP contribution in [0.5, 0.6) is 11.5 Å². The summed E-state index contributed by atoms with van der Waals surface area (Å²) >= 11 is 5.64. The number of aliphatic hydroxyl groups is 1. The highest BCUT2D eigenvalue weighted by atomic mass is 35.5. The topological polar surface area (TPSA) is 155 Å². The van der Waals surface area contributed by atoms with Gasteiger partial charge in [-0.25, -0.2) is 0 Å². The number of hydrogen-bond donors (Lipinski definition) is 3. The normalized spacial score (nSPS) is 18.6. The van der Waals surface area contributed by atoms with Crippen molar-refractivity contribution < 1.29 is 38.6 Å². The van der Waals surface area contributed by atoms with Gasteiger partial charge in [-0.1, -0.05) is 38.1 Å². The molecule has 3 aromatic carbocycles. The van der Waals surface area contributed by atoms with Gasteiger partial charge in [0.15, 0.2) is 6.61 Å². The molecular weight excluding hydrogens is 688 g/mol. The van der Waals surface area contributed by atoms with Crippen molar-refractivity contribution in [2.45, 2.75) is 57.1 Å². The Morgan fingerprint density at radius 3 is 2.13 bits per heavy atom. The molecule has 3 aromatic rings. The summed E-state index contributed by atoms with van der Waals surface area (Å²) in [6.07, 6.45) is 1.07. The molecule has 0 aliphatic carbocycles. The molecule has 0 spiro atoms. The fraction of sp³-hybridized carbons (Fsp3) is 0.410. The van der Waals surface area contributed by atoms with Gasteiger partial charge in [-0.3, -0.25) is 34.2 Å². The van der Waals surface area contributed by atoms with Crippen LogP contribution >= 0.6 is 11.6 Å². The second kappa shape index (κ2) is 15.7. The molecule has 2 fully saturated rings. The monoisotopic (exact) mass is 730 g/mol. The standard InChI is InChI=1S/C39H43ClN4O8/c1-39(2,25-3-8-29(9-4-25)51-22-28(45)20-40)26-5-10-30(11-6-26)52-23-35(47)43-17-15-24(16-18-43)21-41-27-7-12-31-32(19-27)38(50)44(37(31)49)33-13-14-34(46)42-36(33)48/h3-12,19,24,28,33,41,45H,13-18,20-23H2,1-2H3,(H,42,46,48). The zero-order valence-corrected chi connectivity index (χ0v) is 30.0. The van der Waals surface area contributed by atoms with Gasteiger partial charge in [0.25, 0.3) is 17.7 Å². The summed E-state index contributed by atoms with van der Waals surface area (Å²) in [5.41, 5.74) is 3.05. The zero-order chi connectivity index (χ0) is 37.0. The van der Waals surface area contributed by atoms with Crippen molar-refractivity contribution in [2.24, 2.45) is 5.92 Å². The van der Waals surface area contributed by atoms with Gasteiger partial charge in [0.05, 0.1) is 17.0 Å². The summed E-state index contributed by atoms with van der Waals surface area (Å²) < 4.78 is 11.5. The van der Waals surface area contributed by atoms with Crippen LogP contribution in [0.2, 0.25) is 0 Å². The summed E-state index contributed by atoms with van der Waals surface area (Å²) in [7, 11) is 0. The van der Waals surface area contributed by atoms with E-state index in [1.54, 1.807) is 18.2 Å². The van der Waals surface area contributed by atoms with Crippen LogP contribution in [0, 0.1) is 5.92 Å². The molecule has 6 rings (SSSR count). The van der Waals surface area contributed by atoms with Gasteiger partial charge in [-0.2, -0.15) is 0 Å². The molecule has 3 N–H and O–H groups in total. The Bertz CT molecular complexity index is 1820. The number of rotatable bonds is 13. The summed E-state index contributed by atoms with van der Waals surface area (Å²) in [6.45, 7) is 6.20. The Morgan fingerprint density at radius 1 is 0.904 bits per heavy atom. The second-order valence-electron chi connectivity index (χ2n) is 14.0. The van der Waals surface area contributed by atoms with Crippen molar-refractivity contribution >= 4 is 46.8 Å². The van der Waals surface area contributed by atoms with E-state index in [-0.39, 0.29) is 54.4 Å². The van der Waals surface area contributed by atoms with Crippen molar-refractivity contribution in [3.05, 3.63) is 89.0 Å². The molecule has 0 bridgehead atoms. The van der Waals surface area contributed by atoms with E-state index >= 15 is 0 Å². The van der Waals surface area contributed by atoms with E-state index in [2.05, 4.69) is 24.5 Å². The van der Waals surface area contributed by atoms with Crippen LogP contribution < -0.4 is 20.1 Å². The first-order valence-electron chi connectivity index (χ1n) is 17.5. The van der Waals surface area contributed by atoms with Gasteiger partial charge in [-0.15, -0.1) is 11.6 Å². The van der Waals surface area contributed by atoms with Crippen molar-refractivity contribution in [2.75, 3.05) is 44.0 Å². The molecule has 3 aliphatic rings. The number of piperidine rings is 2. The fourth-order valence-electron chi connectivity index (χ4n) is 6.81. The van der Waals surface area contributed by atoms with E-state index < -0.39 is 35.8 Å². The zero-order valence-electron chi connectivity index (χ0n) is 29.2. The van der Waals surface area contributed by atoms with Crippen LogP contribution in [0.3, 0.4) is 0 Å². The van der Waals surface area contributed by atoms with E-state index in [0.717, 1.165) is 28.9 Å². The molecule has 0 radical (unpaired) electrons. The summed E-state index contributed by atoms with van der Waals surface area (Å²) in [5, 5.41) is 15.2. The van der Waals surface area contributed by atoms with Gasteiger partial charge in [0, 0.05) is 37.2 Å². The molecule has 12 nitrogen and oxygen atoms in total. The Hall–Kier alpha value is -4.94. The Balaban J connectivity index is 0.939. The molecule has 13 heteroatoms. The summed E-state index contributed by atoms with van der Waals surface area (Å²) in [5.74, 6) is -0.496. The second-order valence-corrected chi connectivity index (χ2v) is 14.3. The lowest BCUT2D eigenvalue weighted by Gasteiger charge is -2.32. The minimum absolute atomic E-state index is 0.0523. The lowest BCUT2D eigenvalue weighted by Crippen LogP contribution is -2.54. The number of anilines is 1. The molecule has 274 valence electrons. The average Bonchev–Trinajstić information content (AvgIpc) is 3.40. The fourth-order valence-corrected chi connectivity index (χ4v) is 6.89. The average molecular weight is 731 g/mol. The third-order valence-electron chi connectivity index (χ3n) is 10.1. The van der Waals surface area contributed by atoms with E-state index in [0.29, 0.717) is 42.7 Å². The number of nitrogens with one attached hydrogen (secondary N) is 2. The molecular formula is C39H43ClN4O8. The van der Waals surface area contributed by atoms with Crippen LogP contribution in [-0.4, -0.2) is 95.3 Å². The predicted octanol–water partition coefficient (Wildman–Crippen LogP) is 4.12. The Labute approximate surface area is 307 Å². The number of ether oxygens (including phenoxy) is 2. The first kappa shape index (κ1) is 36.8. The minimum Gasteiger partial charge on any atom is -0.491 e. The first-order valence-corrected chi connectivity index (χ1v) is 18.1. The number of carbonyl (C=O) groups excluding carboxylic acids is 5. The van der Waals surface area contributed by atoms with Gasteiger partial charge < -0.3 is 24.8 Å². The summed E-state index contributed by atoms with van der Waals surface area (Å²) in [6, 6.07) is 19.5. The lowest BCUT2D eigenvalue weighted by molar-refractivity contribution is -0.136.